The van der Waals surface area contributed by atoms with Gasteiger partial charge < -0.3 is 10.6 Å². The lowest BCUT2D eigenvalue weighted by molar-refractivity contribution is -0.131. The Bertz CT molecular complexity index is 267. The van der Waals surface area contributed by atoms with Crippen molar-refractivity contribution in [1.82, 2.24) is 10.6 Å². The summed E-state index contributed by atoms with van der Waals surface area (Å²) in [6, 6.07) is 0.351. The van der Waals surface area contributed by atoms with Gasteiger partial charge in [0.1, 0.15) is 0 Å². The van der Waals surface area contributed by atoms with E-state index in [0.717, 1.165) is 38.3 Å². The molecule has 1 saturated heterocycles. The van der Waals surface area contributed by atoms with Crippen molar-refractivity contribution in [3.05, 3.63) is 0 Å². The monoisotopic (exact) mass is 238 g/mol. The number of hydrogen-bond donors (Lipinski definition) is 2. The molecule has 0 aromatic heterocycles. The highest BCUT2D eigenvalue weighted by molar-refractivity contribution is 5.83. The van der Waals surface area contributed by atoms with Crippen LogP contribution in [0.2, 0.25) is 0 Å². The van der Waals surface area contributed by atoms with Crippen molar-refractivity contribution in [1.29, 1.82) is 0 Å². The maximum atomic E-state index is 12.4. The van der Waals surface area contributed by atoms with Crippen molar-refractivity contribution in [2.75, 3.05) is 13.1 Å². The summed E-state index contributed by atoms with van der Waals surface area (Å²) in [5.74, 6) is 1.17. The van der Waals surface area contributed by atoms with Crippen LogP contribution in [0.25, 0.3) is 0 Å². The van der Waals surface area contributed by atoms with Crippen LogP contribution in [0.5, 0.6) is 0 Å². The van der Waals surface area contributed by atoms with E-state index in [4.69, 9.17) is 0 Å². The third-order valence-electron chi connectivity index (χ3n) is 4.22. The van der Waals surface area contributed by atoms with Crippen LogP contribution in [0.1, 0.15) is 52.4 Å². The number of amides is 1. The van der Waals surface area contributed by atoms with Gasteiger partial charge in [-0.15, -0.1) is 0 Å². The maximum absolute atomic E-state index is 12.4. The van der Waals surface area contributed by atoms with Gasteiger partial charge in [0.25, 0.3) is 0 Å². The molecule has 2 N–H and O–H groups in total. The number of carbonyl (C=O) groups is 1. The molecule has 0 aromatic rings. The Morgan fingerprint density at radius 2 is 2.29 bits per heavy atom. The van der Waals surface area contributed by atoms with Gasteiger partial charge in [-0.3, -0.25) is 4.79 Å². The highest BCUT2D eigenvalue weighted by Gasteiger charge is 2.40. The van der Waals surface area contributed by atoms with E-state index in [9.17, 15) is 4.79 Å². The second-order valence-corrected chi connectivity index (χ2v) is 6.01. The molecule has 0 radical (unpaired) electrons. The van der Waals surface area contributed by atoms with Crippen molar-refractivity contribution in [3.63, 3.8) is 0 Å². The van der Waals surface area contributed by atoms with Gasteiger partial charge in [-0.25, -0.2) is 0 Å². The van der Waals surface area contributed by atoms with E-state index < -0.39 is 0 Å². The van der Waals surface area contributed by atoms with E-state index >= 15 is 0 Å². The SMILES string of the molecule is CCCC1(C(=O)NC(C)CC2CC2)CCNC1. The quantitative estimate of drug-likeness (QED) is 0.744. The van der Waals surface area contributed by atoms with E-state index in [1.165, 1.54) is 19.3 Å². The molecule has 2 rings (SSSR count). The van der Waals surface area contributed by atoms with Gasteiger partial charge in [0.15, 0.2) is 0 Å². The van der Waals surface area contributed by atoms with E-state index in [2.05, 4.69) is 24.5 Å². The summed E-state index contributed by atoms with van der Waals surface area (Å²) in [5.41, 5.74) is -0.118. The molecule has 2 atom stereocenters. The van der Waals surface area contributed by atoms with Crippen LogP contribution in [0.4, 0.5) is 0 Å². The fourth-order valence-corrected chi connectivity index (χ4v) is 3.03. The molecule has 0 bridgehead atoms. The summed E-state index contributed by atoms with van der Waals surface area (Å²) in [7, 11) is 0. The predicted octanol–water partition coefficient (Wildman–Crippen LogP) is 2.07. The van der Waals surface area contributed by atoms with Crippen molar-refractivity contribution in [2.45, 2.75) is 58.4 Å². The first-order chi connectivity index (χ1) is 8.16. The molecule has 1 aliphatic carbocycles. The van der Waals surface area contributed by atoms with Crippen LogP contribution in [-0.2, 0) is 4.79 Å². The smallest absolute Gasteiger partial charge is 0.227 e. The van der Waals surface area contributed by atoms with E-state index in [0.29, 0.717) is 6.04 Å². The van der Waals surface area contributed by atoms with Crippen LogP contribution in [-0.4, -0.2) is 25.0 Å². The van der Waals surface area contributed by atoms with Gasteiger partial charge >= 0.3 is 0 Å². The van der Waals surface area contributed by atoms with Crippen molar-refractivity contribution >= 4 is 5.91 Å². The van der Waals surface area contributed by atoms with Crippen LogP contribution < -0.4 is 10.6 Å². The minimum absolute atomic E-state index is 0.118. The standard InChI is InChI=1S/C14H26N2O/c1-3-6-14(7-8-15-10-14)13(17)16-11(2)9-12-4-5-12/h11-12,15H,3-10H2,1-2H3,(H,16,17). The first kappa shape index (κ1) is 12.9. The molecule has 3 heteroatoms. The average molecular weight is 238 g/mol. The molecule has 2 fully saturated rings. The fourth-order valence-electron chi connectivity index (χ4n) is 3.03. The number of hydrogen-bond acceptors (Lipinski definition) is 2. The molecule has 2 unspecified atom stereocenters. The number of nitrogens with one attached hydrogen (secondary N) is 2. The Morgan fingerprint density at radius 3 is 2.82 bits per heavy atom. The maximum Gasteiger partial charge on any atom is 0.227 e. The predicted molar refractivity (Wildman–Crippen MR) is 69.8 cm³/mol. The molecule has 1 aliphatic heterocycles. The average Bonchev–Trinajstić information content (AvgIpc) is 2.95. The fraction of sp³-hybridized carbons (Fsp3) is 0.929. The Balaban J connectivity index is 1.86. The third-order valence-corrected chi connectivity index (χ3v) is 4.22. The normalized spacial score (nSPS) is 30.2. The minimum Gasteiger partial charge on any atom is -0.353 e. The summed E-state index contributed by atoms with van der Waals surface area (Å²) in [5, 5.41) is 6.58. The summed E-state index contributed by atoms with van der Waals surface area (Å²) in [6.07, 6.45) is 7.00. The largest absolute Gasteiger partial charge is 0.353 e. The summed E-state index contributed by atoms with van der Waals surface area (Å²) in [4.78, 5) is 12.4. The zero-order chi connectivity index (χ0) is 12.3. The van der Waals surface area contributed by atoms with Gasteiger partial charge in [0, 0.05) is 12.6 Å². The second kappa shape index (κ2) is 5.38. The zero-order valence-electron chi connectivity index (χ0n) is 11.2. The highest BCUT2D eigenvalue weighted by atomic mass is 16.2. The Morgan fingerprint density at radius 1 is 1.53 bits per heavy atom. The number of carbonyl (C=O) groups excluding carboxylic acids is 1. The van der Waals surface area contributed by atoms with Crippen LogP contribution in [0, 0.1) is 11.3 Å². The summed E-state index contributed by atoms with van der Waals surface area (Å²) >= 11 is 0. The van der Waals surface area contributed by atoms with Gasteiger partial charge in [0.2, 0.25) is 5.91 Å². The lowest BCUT2D eigenvalue weighted by atomic mass is 9.81. The van der Waals surface area contributed by atoms with Crippen molar-refractivity contribution < 1.29 is 4.79 Å². The molecule has 1 saturated carbocycles. The minimum atomic E-state index is -0.118. The van der Waals surface area contributed by atoms with Gasteiger partial charge in [-0.2, -0.15) is 0 Å². The molecule has 0 aromatic carbocycles. The third kappa shape index (κ3) is 3.21. The molecule has 0 spiro atoms. The van der Waals surface area contributed by atoms with E-state index in [1.807, 2.05) is 0 Å². The van der Waals surface area contributed by atoms with E-state index in [1.54, 1.807) is 0 Å². The van der Waals surface area contributed by atoms with Crippen LogP contribution in [0.3, 0.4) is 0 Å². The van der Waals surface area contributed by atoms with Crippen molar-refractivity contribution in [2.24, 2.45) is 11.3 Å². The van der Waals surface area contributed by atoms with Gasteiger partial charge in [0.05, 0.1) is 5.41 Å². The Labute approximate surface area is 105 Å². The Hall–Kier alpha value is -0.570. The molecular weight excluding hydrogens is 212 g/mol. The second-order valence-electron chi connectivity index (χ2n) is 6.01. The van der Waals surface area contributed by atoms with Gasteiger partial charge in [-0.05, 0) is 38.6 Å². The molecule has 17 heavy (non-hydrogen) atoms. The molecule has 2 aliphatic rings. The topological polar surface area (TPSA) is 41.1 Å². The van der Waals surface area contributed by atoms with E-state index in [-0.39, 0.29) is 11.3 Å². The number of rotatable bonds is 6. The molecular formula is C14H26N2O. The molecule has 3 nitrogen and oxygen atoms in total. The van der Waals surface area contributed by atoms with Gasteiger partial charge in [-0.1, -0.05) is 26.2 Å². The first-order valence-electron chi connectivity index (χ1n) is 7.18. The molecule has 1 heterocycles. The highest BCUT2D eigenvalue weighted by Crippen LogP contribution is 2.35. The van der Waals surface area contributed by atoms with Crippen LogP contribution in [0.15, 0.2) is 0 Å². The van der Waals surface area contributed by atoms with Crippen LogP contribution >= 0.6 is 0 Å². The zero-order valence-corrected chi connectivity index (χ0v) is 11.2. The molecule has 98 valence electrons. The molecule has 1 amide bonds. The lowest BCUT2D eigenvalue weighted by Crippen LogP contribution is -2.46. The lowest BCUT2D eigenvalue weighted by Gasteiger charge is -2.28. The first-order valence-corrected chi connectivity index (χ1v) is 7.18. The Kier molecular flexibility index (Phi) is 4.08. The summed E-state index contributed by atoms with van der Waals surface area (Å²) in [6.45, 7) is 6.17. The van der Waals surface area contributed by atoms with Crippen molar-refractivity contribution in [3.8, 4) is 0 Å². The summed E-state index contributed by atoms with van der Waals surface area (Å²) < 4.78 is 0.